The summed E-state index contributed by atoms with van der Waals surface area (Å²) in [7, 11) is 0. The Kier molecular flexibility index (Phi) is 6.83. The highest BCUT2D eigenvalue weighted by molar-refractivity contribution is 5.81. The first-order valence-electron chi connectivity index (χ1n) is 14.4. The summed E-state index contributed by atoms with van der Waals surface area (Å²) in [6.45, 7) is 9.36. The zero-order valence-electron chi connectivity index (χ0n) is 23.6. The average molecular weight is 537 g/mol. The van der Waals surface area contributed by atoms with Gasteiger partial charge >= 0.3 is 0 Å². The zero-order chi connectivity index (χ0) is 28.0. The molecule has 6 rings (SSSR count). The first-order chi connectivity index (χ1) is 19.3. The molecule has 2 unspecified atom stereocenters. The monoisotopic (exact) mass is 536 g/mol. The minimum atomic E-state index is -0.0226. The third-order valence-corrected chi connectivity index (χ3v) is 8.04. The molecular weight excluding hydrogens is 500 g/mol. The molecule has 0 bridgehead atoms. The van der Waals surface area contributed by atoms with Crippen LogP contribution >= 0.6 is 0 Å². The van der Waals surface area contributed by atoms with Gasteiger partial charge in [-0.2, -0.15) is 0 Å². The van der Waals surface area contributed by atoms with Crippen LogP contribution < -0.4 is 0 Å². The van der Waals surface area contributed by atoms with Crippen LogP contribution in [0.15, 0.2) is 36.4 Å². The number of fused-ring (bicyclic) bond motifs is 2. The van der Waals surface area contributed by atoms with Crippen molar-refractivity contribution in [3.8, 4) is 11.8 Å². The molecule has 40 heavy (non-hydrogen) atoms. The van der Waals surface area contributed by atoms with Crippen molar-refractivity contribution < 1.29 is 9.59 Å². The third-order valence-electron chi connectivity index (χ3n) is 8.04. The van der Waals surface area contributed by atoms with Crippen LogP contribution in [0.25, 0.3) is 22.1 Å². The number of rotatable bonds is 4. The maximum Gasteiger partial charge on any atom is 0.225 e. The highest BCUT2D eigenvalue weighted by Gasteiger charge is 2.34. The predicted molar refractivity (Wildman–Crippen MR) is 155 cm³/mol. The highest BCUT2D eigenvalue weighted by Crippen LogP contribution is 2.34. The molecule has 2 aromatic carbocycles. The number of benzene rings is 2. The zero-order valence-corrected chi connectivity index (χ0v) is 23.6. The van der Waals surface area contributed by atoms with Gasteiger partial charge in [0.25, 0.3) is 0 Å². The van der Waals surface area contributed by atoms with Crippen molar-refractivity contribution in [2.75, 3.05) is 13.1 Å². The Morgan fingerprint density at radius 3 is 1.57 bits per heavy atom. The van der Waals surface area contributed by atoms with E-state index in [-0.39, 0.29) is 35.7 Å². The van der Waals surface area contributed by atoms with Crippen LogP contribution in [0.5, 0.6) is 0 Å². The Bertz CT molecular complexity index is 1530. The Hall–Kier alpha value is -4.12. The Labute approximate surface area is 234 Å². The van der Waals surface area contributed by atoms with E-state index < -0.39 is 0 Å². The van der Waals surface area contributed by atoms with E-state index in [1.54, 1.807) is 0 Å². The minimum absolute atomic E-state index is 0.00195. The fraction of sp³-hybridized carbons (Fsp3) is 0.438. The van der Waals surface area contributed by atoms with Crippen molar-refractivity contribution in [2.45, 2.75) is 65.5 Å². The molecule has 2 amide bonds. The number of carbonyl (C=O) groups is 2. The minimum Gasteiger partial charge on any atom is -0.340 e. The maximum absolute atomic E-state index is 12.7. The van der Waals surface area contributed by atoms with Gasteiger partial charge in [0.15, 0.2) is 0 Å². The molecule has 0 aliphatic carbocycles. The van der Waals surface area contributed by atoms with E-state index in [4.69, 9.17) is 9.97 Å². The molecule has 2 atom stereocenters. The van der Waals surface area contributed by atoms with Crippen LogP contribution in [0.4, 0.5) is 0 Å². The number of nitrogens with zero attached hydrogens (tertiary/aromatic N) is 4. The second kappa shape index (κ2) is 10.5. The van der Waals surface area contributed by atoms with Gasteiger partial charge in [-0.3, -0.25) is 9.59 Å². The number of hydrogen-bond donors (Lipinski definition) is 2. The van der Waals surface area contributed by atoms with Gasteiger partial charge in [0, 0.05) is 36.1 Å². The number of aromatic nitrogens is 4. The number of nitrogens with one attached hydrogen (secondary N) is 2. The number of likely N-dealkylation sites (tertiary alicyclic amines) is 2. The summed E-state index contributed by atoms with van der Waals surface area (Å²) >= 11 is 0. The van der Waals surface area contributed by atoms with Crippen molar-refractivity contribution >= 4 is 33.9 Å². The lowest BCUT2D eigenvalue weighted by molar-refractivity contribution is -0.136. The highest BCUT2D eigenvalue weighted by atomic mass is 16.2. The molecule has 0 radical (unpaired) electrons. The lowest BCUT2D eigenvalue weighted by Crippen LogP contribution is -2.34. The predicted octanol–water partition coefficient (Wildman–Crippen LogP) is 5.48. The van der Waals surface area contributed by atoms with Gasteiger partial charge in [0.05, 0.1) is 34.2 Å². The van der Waals surface area contributed by atoms with Gasteiger partial charge < -0.3 is 19.8 Å². The average Bonchev–Trinajstić information content (AvgIpc) is 3.74. The van der Waals surface area contributed by atoms with Crippen LogP contribution in [0, 0.1) is 23.7 Å². The lowest BCUT2D eigenvalue weighted by atomic mass is 10.1. The van der Waals surface area contributed by atoms with Crippen molar-refractivity contribution in [1.29, 1.82) is 0 Å². The normalized spacial score (nSPS) is 19.2. The summed E-state index contributed by atoms with van der Waals surface area (Å²) in [6.07, 6.45) is 3.84. The standard InChI is InChI=1S/C32H36N6O2/c1-19(2)31(39)37-15-5-7-27(37)29-33-23-13-11-21(17-25(23)35-29)9-10-22-12-14-24-26(18-22)36-30(34-24)28-8-6-16-38(28)32(40)20(3)4/h11-14,17-20,27-28H,5-8,15-16H2,1-4H3,(H,33,35)(H,34,36). The summed E-state index contributed by atoms with van der Waals surface area (Å²) in [4.78, 5) is 45.9. The van der Waals surface area contributed by atoms with E-state index in [0.29, 0.717) is 0 Å². The quantitative estimate of drug-likeness (QED) is 0.338. The number of aromatic amines is 2. The van der Waals surface area contributed by atoms with Gasteiger partial charge in [-0.1, -0.05) is 39.5 Å². The van der Waals surface area contributed by atoms with E-state index in [1.165, 1.54) is 0 Å². The first-order valence-corrected chi connectivity index (χ1v) is 14.4. The number of amides is 2. The fourth-order valence-electron chi connectivity index (χ4n) is 5.96. The van der Waals surface area contributed by atoms with Gasteiger partial charge in [0.2, 0.25) is 11.8 Å². The molecule has 2 fully saturated rings. The Balaban J connectivity index is 1.22. The summed E-state index contributed by atoms with van der Waals surface area (Å²) in [5, 5.41) is 0. The molecule has 4 aromatic rings. The molecule has 2 aliphatic rings. The van der Waals surface area contributed by atoms with E-state index in [1.807, 2.05) is 73.9 Å². The summed E-state index contributed by atoms with van der Waals surface area (Å²) in [6, 6.07) is 12.0. The van der Waals surface area contributed by atoms with E-state index in [0.717, 1.165) is 83.6 Å². The topological polar surface area (TPSA) is 98.0 Å². The van der Waals surface area contributed by atoms with Crippen molar-refractivity contribution in [1.82, 2.24) is 29.7 Å². The number of imidazole rings is 2. The SMILES string of the molecule is CC(C)C(=O)N1CCCC1c1nc2cc(C#Cc3ccc4[nH]c(C5CCCN5C(=O)C(C)C)nc4c3)ccc2[nH]1. The number of hydrogen-bond acceptors (Lipinski definition) is 4. The molecule has 8 heteroatoms. The molecular formula is C32H36N6O2. The van der Waals surface area contributed by atoms with Crippen LogP contribution in [-0.2, 0) is 9.59 Å². The van der Waals surface area contributed by atoms with E-state index >= 15 is 0 Å². The first kappa shape index (κ1) is 26.1. The van der Waals surface area contributed by atoms with Crippen molar-refractivity contribution in [3.05, 3.63) is 59.2 Å². The Morgan fingerprint density at radius 2 is 1.18 bits per heavy atom. The summed E-state index contributed by atoms with van der Waals surface area (Å²) < 4.78 is 0. The molecule has 2 N–H and O–H groups in total. The number of carbonyl (C=O) groups excluding carboxylic acids is 2. The Morgan fingerprint density at radius 1 is 0.750 bits per heavy atom. The van der Waals surface area contributed by atoms with Crippen LogP contribution in [0.1, 0.15) is 88.2 Å². The van der Waals surface area contributed by atoms with Gasteiger partial charge in [-0.05, 0) is 62.1 Å². The van der Waals surface area contributed by atoms with Crippen LogP contribution in [0.3, 0.4) is 0 Å². The van der Waals surface area contributed by atoms with Gasteiger partial charge in [0.1, 0.15) is 11.6 Å². The van der Waals surface area contributed by atoms with E-state index in [9.17, 15) is 9.59 Å². The van der Waals surface area contributed by atoms with Crippen molar-refractivity contribution in [2.24, 2.45) is 11.8 Å². The fourth-order valence-corrected chi connectivity index (χ4v) is 5.96. The van der Waals surface area contributed by atoms with Gasteiger partial charge in [-0.15, -0.1) is 0 Å². The maximum atomic E-state index is 12.7. The molecule has 0 spiro atoms. The third kappa shape index (κ3) is 4.85. The molecule has 8 nitrogen and oxygen atoms in total. The smallest absolute Gasteiger partial charge is 0.225 e. The molecule has 2 saturated heterocycles. The largest absolute Gasteiger partial charge is 0.340 e. The van der Waals surface area contributed by atoms with Crippen molar-refractivity contribution in [3.63, 3.8) is 0 Å². The second-order valence-corrected chi connectivity index (χ2v) is 11.6. The molecule has 4 heterocycles. The molecule has 0 saturated carbocycles. The summed E-state index contributed by atoms with van der Waals surface area (Å²) in [5.74, 6) is 8.57. The second-order valence-electron chi connectivity index (χ2n) is 11.6. The van der Waals surface area contributed by atoms with Crippen LogP contribution in [-0.4, -0.2) is 54.6 Å². The summed E-state index contributed by atoms with van der Waals surface area (Å²) in [5.41, 5.74) is 5.37. The van der Waals surface area contributed by atoms with E-state index in [2.05, 4.69) is 21.8 Å². The number of H-pyrrole nitrogens is 2. The van der Waals surface area contributed by atoms with Crippen LogP contribution in [0.2, 0.25) is 0 Å². The van der Waals surface area contributed by atoms with Gasteiger partial charge in [-0.25, -0.2) is 9.97 Å². The lowest BCUT2D eigenvalue weighted by Gasteiger charge is -2.24. The molecule has 2 aromatic heterocycles. The molecule has 2 aliphatic heterocycles. The molecule has 206 valence electrons.